The minimum atomic E-state index is 0.231. The highest BCUT2D eigenvalue weighted by atomic mass is 16.3. The summed E-state index contributed by atoms with van der Waals surface area (Å²) in [6.45, 7) is 2.40. The van der Waals surface area contributed by atoms with Crippen molar-refractivity contribution in [2.45, 2.75) is 50.6 Å². The maximum Gasteiger partial charge on any atom is 0.114 e. The van der Waals surface area contributed by atoms with Gasteiger partial charge < -0.3 is 15.0 Å². The van der Waals surface area contributed by atoms with Crippen molar-refractivity contribution in [2.24, 2.45) is 0 Å². The van der Waals surface area contributed by atoms with Crippen LogP contribution in [-0.4, -0.2) is 27.8 Å². The highest BCUT2D eigenvalue weighted by Crippen LogP contribution is 2.29. The standard InChI is InChI=1S/C13H21N3O/c17-9-10-4-3-7-16-8-12(15-13(10)16)11-5-1-2-6-14-11/h8,10-11,14,17H,1-7,9H2. The number of aliphatic hydroxyl groups excluding tert-OH is 1. The molecule has 0 radical (unpaired) electrons. The lowest BCUT2D eigenvalue weighted by molar-refractivity contribution is 0.238. The maximum atomic E-state index is 9.39. The molecular formula is C13H21N3O. The van der Waals surface area contributed by atoms with Gasteiger partial charge in [-0.15, -0.1) is 0 Å². The Labute approximate surface area is 102 Å². The molecule has 2 atom stereocenters. The minimum Gasteiger partial charge on any atom is -0.396 e. The summed E-state index contributed by atoms with van der Waals surface area (Å²) in [5.41, 5.74) is 1.18. The Morgan fingerprint density at radius 2 is 2.29 bits per heavy atom. The first-order valence-corrected chi connectivity index (χ1v) is 6.79. The molecule has 3 rings (SSSR count). The molecule has 4 nitrogen and oxygen atoms in total. The van der Waals surface area contributed by atoms with Crippen molar-refractivity contribution in [1.82, 2.24) is 14.9 Å². The molecule has 2 unspecified atom stereocenters. The Kier molecular flexibility index (Phi) is 3.16. The third-order valence-corrected chi connectivity index (χ3v) is 4.03. The lowest BCUT2D eigenvalue weighted by Crippen LogP contribution is -2.27. The first-order valence-electron chi connectivity index (χ1n) is 6.79. The highest BCUT2D eigenvalue weighted by Gasteiger charge is 2.25. The Morgan fingerprint density at radius 3 is 3.06 bits per heavy atom. The van der Waals surface area contributed by atoms with Gasteiger partial charge in [0, 0.05) is 18.7 Å². The van der Waals surface area contributed by atoms with E-state index >= 15 is 0 Å². The van der Waals surface area contributed by atoms with E-state index in [-0.39, 0.29) is 12.5 Å². The summed E-state index contributed by atoms with van der Waals surface area (Å²) in [6.07, 6.45) is 8.20. The second-order valence-electron chi connectivity index (χ2n) is 5.24. The van der Waals surface area contributed by atoms with E-state index in [2.05, 4.69) is 16.1 Å². The van der Waals surface area contributed by atoms with Crippen LogP contribution in [-0.2, 0) is 6.54 Å². The fraction of sp³-hybridized carbons (Fsp3) is 0.769. The summed E-state index contributed by atoms with van der Waals surface area (Å²) in [4.78, 5) is 4.77. The van der Waals surface area contributed by atoms with E-state index in [1.165, 1.54) is 25.0 Å². The van der Waals surface area contributed by atoms with Crippen molar-refractivity contribution >= 4 is 0 Å². The molecule has 1 saturated heterocycles. The van der Waals surface area contributed by atoms with Gasteiger partial charge >= 0.3 is 0 Å². The Morgan fingerprint density at radius 1 is 1.35 bits per heavy atom. The number of hydrogen-bond acceptors (Lipinski definition) is 3. The highest BCUT2D eigenvalue weighted by molar-refractivity contribution is 5.14. The normalized spacial score (nSPS) is 29.0. The Balaban J connectivity index is 1.84. The summed E-state index contributed by atoms with van der Waals surface area (Å²) in [5.74, 6) is 1.35. The number of aromatic nitrogens is 2. The predicted molar refractivity (Wildman–Crippen MR) is 65.9 cm³/mol. The van der Waals surface area contributed by atoms with E-state index in [1.54, 1.807) is 0 Å². The second kappa shape index (κ2) is 4.78. The number of nitrogens with one attached hydrogen (secondary N) is 1. The topological polar surface area (TPSA) is 50.1 Å². The van der Waals surface area contributed by atoms with Crippen LogP contribution < -0.4 is 5.32 Å². The fourth-order valence-corrected chi connectivity index (χ4v) is 3.04. The quantitative estimate of drug-likeness (QED) is 0.818. The monoisotopic (exact) mass is 235 g/mol. The van der Waals surface area contributed by atoms with Gasteiger partial charge in [-0.3, -0.25) is 0 Å². The molecule has 0 aliphatic carbocycles. The minimum absolute atomic E-state index is 0.231. The number of hydrogen-bond donors (Lipinski definition) is 2. The number of piperidine rings is 1. The van der Waals surface area contributed by atoms with Gasteiger partial charge in [0.1, 0.15) is 5.82 Å². The van der Waals surface area contributed by atoms with Gasteiger partial charge in [0.25, 0.3) is 0 Å². The van der Waals surface area contributed by atoms with Crippen LogP contribution in [0.2, 0.25) is 0 Å². The lowest BCUT2D eigenvalue weighted by atomic mass is 10.0. The molecule has 2 aliphatic heterocycles. The van der Waals surface area contributed by atoms with Crippen LogP contribution in [0.25, 0.3) is 0 Å². The molecule has 3 heterocycles. The molecule has 0 bridgehead atoms. The third kappa shape index (κ3) is 2.11. The Bertz CT molecular complexity index is 382. The molecule has 1 aromatic rings. The summed E-state index contributed by atoms with van der Waals surface area (Å²) < 4.78 is 2.25. The first-order chi connectivity index (χ1) is 8.38. The molecule has 2 N–H and O–H groups in total. The van der Waals surface area contributed by atoms with Crippen molar-refractivity contribution in [3.63, 3.8) is 0 Å². The van der Waals surface area contributed by atoms with Gasteiger partial charge in [0.15, 0.2) is 0 Å². The van der Waals surface area contributed by atoms with Crippen LogP contribution in [0, 0.1) is 0 Å². The molecule has 0 aromatic carbocycles. The number of imidazole rings is 1. The number of fused-ring (bicyclic) bond motifs is 1. The van der Waals surface area contributed by atoms with Gasteiger partial charge in [-0.25, -0.2) is 4.98 Å². The van der Waals surface area contributed by atoms with Crippen LogP contribution >= 0.6 is 0 Å². The lowest BCUT2D eigenvalue weighted by Gasteiger charge is -2.21. The molecule has 94 valence electrons. The summed E-state index contributed by atoms with van der Waals surface area (Å²) in [6, 6.07) is 0.432. The average molecular weight is 235 g/mol. The zero-order valence-electron chi connectivity index (χ0n) is 10.2. The summed E-state index contributed by atoms with van der Waals surface area (Å²) in [5, 5.41) is 12.9. The number of nitrogens with zero attached hydrogens (tertiary/aromatic N) is 2. The molecule has 0 spiro atoms. The van der Waals surface area contributed by atoms with E-state index in [0.29, 0.717) is 6.04 Å². The zero-order chi connectivity index (χ0) is 11.7. The van der Waals surface area contributed by atoms with Crippen LogP contribution in [0.3, 0.4) is 0 Å². The number of rotatable bonds is 2. The number of aliphatic hydroxyl groups is 1. The van der Waals surface area contributed by atoms with Gasteiger partial charge in [-0.1, -0.05) is 6.42 Å². The van der Waals surface area contributed by atoms with Crippen LogP contribution in [0.15, 0.2) is 6.20 Å². The van der Waals surface area contributed by atoms with Crippen molar-refractivity contribution in [3.8, 4) is 0 Å². The first kappa shape index (κ1) is 11.2. The fourth-order valence-electron chi connectivity index (χ4n) is 3.04. The molecule has 0 saturated carbocycles. The van der Waals surface area contributed by atoms with Gasteiger partial charge in [-0.2, -0.15) is 0 Å². The van der Waals surface area contributed by atoms with Gasteiger partial charge in [-0.05, 0) is 32.2 Å². The molecule has 2 aliphatic rings. The third-order valence-electron chi connectivity index (χ3n) is 4.03. The summed E-state index contributed by atoms with van der Waals surface area (Å²) in [7, 11) is 0. The van der Waals surface area contributed by atoms with Crippen LogP contribution in [0.1, 0.15) is 55.6 Å². The zero-order valence-corrected chi connectivity index (χ0v) is 10.2. The van der Waals surface area contributed by atoms with Crippen molar-refractivity contribution in [3.05, 3.63) is 17.7 Å². The van der Waals surface area contributed by atoms with E-state index in [0.717, 1.165) is 31.8 Å². The van der Waals surface area contributed by atoms with Gasteiger partial charge in [0.2, 0.25) is 0 Å². The van der Waals surface area contributed by atoms with E-state index in [1.807, 2.05) is 0 Å². The average Bonchev–Trinajstić information content (AvgIpc) is 2.83. The van der Waals surface area contributed by atoms with Crippen LogP contribution in [0.5, 0.6) is 0 Å². The molecule has 17 heavy (non-hydrogen) atoms. The SMILES string of the molecule is OCC1CCCn2cc(C3CCCCN3)nc21. The van der Waals surface area contributed by atoms with Crippen molar-refractivity contribution in [2.75, 3.05) is 13.2 Å². The van der Waals surface area contributed by atoms with Crippen LogP contribution in [0.4, 0.5) is 0 Å². The van der Waals surface area contributed by atoms with E-state index in [4.69, 9.17) is 4.98 Å². The summed E-state index contributed by atoms with van der Waals surface area (Å²) >= 11 is 0. The van der Waals surface area contributed by atoms with Gasteiger partial charge in [0.05, 0.1) is 18.3 Å². The molecule has 1 fully saturated rings. The second-order valence-corrected chi connectivity index (χ2v) is 5.24. The molecule has 1 aromatic heterocycles. The maximum absolute atomic E-state index is 9.39. The number of aryl methyl sites for hydroxylation is 1. The van der Waals surface area contributed by atoms with E-state index < -0.39 is 0 Å². The Hall–Kier alpha value is -0.870. The molecule has 0 amide bonds. The van der Waals surface area contributed by atoms with Crippen molar-refractivity contribution < 1.29 is 5.11 Å². The largest absolute Gasteiger partial charge is 0.396 e. The predicted octanol–water partition coefficient (Wildman–Crippen LogP) is 1.57. The molecule has 4 heteroatoms. The van der Waals surface area contributed by atoms with E-state index in [9.17, 15) is 5.11 Å². The van der Waals surface area contributed by atoms with Crippen molar-refractivity contribution in [1.29, 1.82) is 0 Å². The molecular weight excluding hydrogens is 214 g/mol. The smallest absolute Gasteiger partial charge is 0.114 e.